The van der Waals surface area contributed by atoms with Gasteiger partial charge in [-0.25, -0.2) is 0 Å². The highest BCUT2D eigenvalue weighted by Gasteiger charge is 2.17. The molecule has 0 aromatic heterocycles. The monoisotopic (exact) mass is 873 g/mol. The Morgan fingerprint density at radius 3 is 1.10 bits per heavy atom. The molecular formula is C57H108O5. The SMILES string of the molecule is CCCCC/C=C\C/C=C\CCCCCCCCOCC(COC(=O)CCCCCCCCCCCCCCCCCCC)OC(=O)CCCCCCCCCCCCCCC. The third kappa shape index (κ3) is 51.0. The maximum Gasteiger partial charge on any atom is 0.306 e. The number of hydrogen-bond donors (Lipinski definition) is 0. The fourth-order valence-corrected chi connectivity index (χ4v) is 8.31. The van der Waals surface area contributed by atoms with Crippen molar-refractivity contribution in [2.24, 2.45) is 0 Å². The molecule has 366 valence electrons. The lowest BCUT2D eigenvalue weighted by Gasteiger charge is -2.18. The Morgan fingerprint density at radius 2 is 0.677 bits per heavy atom. The Balaban J connectivity index is 4.21. The van der Waals surface area contributed by atoms with Crippen LogP contribution < -0.4 is 0 Å². The number of ether oxygens (including phenoxy) is 3. The van der Waals surface area contributed by atoms with Crippen molar-refractivity contribution in [3.8, 4) is 0 Å². The van der Waals surface area contributed by atoms with Crippen molar-refractivity contribution in [1.29, 1.82) is 0 Å². The third-order valence-corrected chi connectivity index (χ3v) is 12.5. The van der Waals surface area contributed by atoms with E-state index in [0.29, 0.717) is 19.4 Å². The molecule has 0 spiro atoms. The maximum atomic E-state index is 12.8. The maximum absolute atomic E-state index is 12.8. The molecule has 0 rings (SSSR count). The van der Waals surface area contributed by atoms with Crippen LogP contribution in [0.5, 0.6) is 0 Å². The van der Waals surface area contributed by atoms with Crippen LogP contribution in [0.1, 0.15) is 303 Å². The van der Waals surface area contributed by atoms with Crippen LogP contribution in [0.25, 0.3) is 0 Å². The largest absolute Gasteiger partial charge is 0.462 e. The molecule has 0 fully saturated rings. The Hall–Kier alpha value is -1.62. The molecule has 5 nitrogen and oxygen atoms in total. The van der Waals surface area contributed by atoms with Crippen LogP contribution in [0.4, 0.5) is 0 Å². The molecule has 62 heavy (non-hydrogen) atoms. The molecule has 0 radical (unpaired) electrons. The van der Waals surface area contributed by atoms with Crippen LogP contribution in [0.3, 0.4) is 0 Å². The average molecular weight is 873 g/mol. The second kappa shape index (κ2) is 53.7. The van der Waals surface area contributed by atoms with Crippen molar-refractivity contribution in [2.45, 2.75) is 309 Å². The molecule has 0 aliphatic carbocycles. The zero-order valence-corrected chi connectivity index (χ0v) is 42.2. The van der Waals surface area contributed by atoms with Crippen molar-refractivity contribution in [3.05, 3.63) is 24.3 Å². The molecular weight excluding hydrogens is 765 g/mol. The summed E-state index contributed by atoms with van der Waals surface area (Å²) in [6, 6.07) is 0. The van der Waals surface area contributed by atoms with Crippen LogP contribution >= 0.6 is 0 Å². The van der Waals surface area contributed by atoms with E-state index in [2.05, 4.69) is 45.1 Å². The smallest absolute Gasteiger partial charge is 0.306 e. The molecule has 0 amide bonds. The Labute approximate surface area is 387 Å². The number of carbonyl (C=O) groups excluding carboxylic acids is 2. The van der Waals surface area contributed by atoms with Crippen LogP contribution in [0, 0.1) is 0 Å². The lowest BCUT2D eigenvalue weighted by atomic mass is 10.0. The molecule has 0 aliphatic heterocycles. The van der Waals surface area contributed by atoms with Crippen LogP contribution in [0.15, 0.2) is 24.3 Å². The zero-order valence-electron chi connectivity index (χ0n) is 42.2. The molecule has 0 aromatic rings. The topological polar surface area (TPSA) is 61.8 Å². The summed E-state index contributed by atoms with van der Waals surface area (Å²) in [6.07, 6.45) is 63.3. The average Bonchev–Trinajstić information content (AvgIpc) is 3.27. The van der Waals surface area contributed by atoms with E-state index in [0.717, 1.165) is 44.9 Å². The number of unbranched alkanes of at least 4 members (excludes halogenated alkanes) is 37. The molecule has 5 heteroatoms. The summed E-state index contributed by atoms with van der Waals surface area (Å²) in [5, 5.41) is 0. The Morgan fingerprint density at radius 1 is 0.355 bits per heavy atom. The zero-order chi connectivity index (χ0) is 44.9. The van der Waals surface area contributed by atoms with Gasteiger partial charge in [-0.2, -0.15) is 0 Å². The highest BCUT2D eigenvalue weighted by Crippen LogP contribution is 2.16. The minimum absolute atomic E-state index is 0.0891. The number of rotatable bonds is 52. The Kier molecular flexibility index (Phi) is 52.3. The van der Waals surface area contributed by atoms with E-state index in [1.54, 1.807) is 0 Å². The molecule has 1 atom stereocenters. The second-order valence-electron chi connectivity index (χ2n) is 18.9. The molecule has 0 bridgehead atoms. The Bertz CT molecular complexity index is 943. The van der Waals surface area contributed by atoms with E-state index in [1.165, 1.54) is 225 Å². The fourth-order valence-electron chi connectivity index (χ4n) is 8.31. The number of hydrogen-bond acceptors (Lipinski definition) is 5. The summed E-state index contributed by atoms with van der Waals surface area (Å²) in [4.78, 5) is 25.4. The summed E-state index contributed by atoms with van der Waals surface area (Å²) in [6.45, 7) is 7.84. The molecule has 0 aromatic carbocycles. The van der Waals surface area contributed by atoms with Gasteiger partial charge in [0.15, 0.2) is 6.10 Å². The van der Waals surface area contributed by atoms with Crippen LogP contribution in [-0.4, -0.2) is 37.9 Å². The van der Waals surface area contributed by atoms with E-state index in [1.807, 2.05) is 0 Å². The van der Waals surface area contributed by atoms with Gasteiger partial charge in [0.2, 0.25) is 0 Å². The van der Waals surface area contributed by atoms with Gasteiger partial charge in [-0.1, -0.05) is 263 Å². The molecule has 0 saturated heterocycles. The standard InChI is InChI=1S/C57H108O5/c1-4-7-10-13-16-19-22-25-27-29-30-33-35-38-41-44-47-50-56(58)61-54-55(62-57(59)51-48-45-42-39-36-32-24-21-18-15-12-9-6-3)53-60-52-49-46-43-40-37-34-31-28-26-23-20-17-14-11-8-5-2/h17,20,26,28,55H,4-16,18-19,21-25,27,29-54H2,1-3H3/b20-17-,28-26-. The van der Waals surface area contributed by atoms with Gasteiger partial charge < -0.3 is 14.2 Å². The summed E-state index contributed by atoms with van der Waals surface area (Å²) in [5.41, 5.74) is 0. The van der Waals surface area contributed by atoms with Gasteiger partial charge in [-0.15, -0.1) is 0 Å². The first kappa shape index (κ1) is 60.4. The van der Waals surface area contributed by atoms with E-state index < -0.39 is 6.10 Å². The quantitative estimate of drug-likeness (QED) is 0.0346. The summed E-state index contributed by atoms with van der Waals surface area (Å²) in [5.74, 6) is -0.381. The van der Waals surface area contributed by atoms with Gasteiger partial charge in [-0.3, -0.25) is 9.59 Å². The van der Waals surface area contributed by atoms with Gasteiger partial charge >= 0.3 is 11.9 Å². The second-order valence-corrected chi connectivity index (χ2v) is 18.9. The van der Waals surface area contributed by atoms with Crippen LogP contribution in [0.2, 0.25) is 0 Å². The molecule has 0 aliphatic rings. The first-order valence-electron chi connectivity index (χ1n) is 27.9. The van der Waals surface area contributed by atoms with E-state index in [9.17, 15) is 9.59 Å². The summed E-state index contributed by atoms with van der Waals surface area (Å²) < 4.78 is 17.5. The third-order valence-electron chi connectivity index (χ3n) is 12.5. The normalized spacial score (nSPS) is 12.2. The first-order valence-corrected chi connectivity index (χ1v) is 27.9. The lowest BCUT2D eigenvalue weighted by molar-refractivity contribution is -0.163. The minimum atomic E-state index is -0.534. The van der Waals surface area contributed by atoms with Crippen molar-refractivity contribution in [1.82, 2.24) is 0 Å². The minimum Gasteiger partial charge on any atom is -0.462 e. The summed E-state index contributed by atoms with van der Waals surface area (Å²) >= 11 is 0. The summed E-state index contributed by atoms with van der Waals surface area (Å²) in [7, 11) is 0. The van der Waals surface area contributed by atoms with Gasteiger partial charge in [0.25, 0.3) is 0 Å². The number of allylic oxidation sites excluding steroid dienone is 4. The molecule has 0 N–H and O–H groups in total. The lowest BCUT2D eigenvalue weighted by Crippen LogP contribution is -2.30. The molecule has 0 saturated carbocycles. The van der Waals surface area contributed by atoms with Gasteiger partial charge in [0.05, 0.1) is 6.61 Å². The molecule has 0 heterocycles. The highest BCUT2D eigenvalue weighted by molar-refractivity contribution is 5.70. The van der Waals surface area contributed by atoms with Crippen molar-refractivity contribution in [2.75, 3.05) is 19.8 Å². The first-order chi connectivity index (χ1) is 30.6. The van der Waals surface area contributed by atoms with Crippen molar-refractivity contribution >= 4 is 11.9 Å². The van der Waals surface area contributed by atoms with Gasteiger partial charge in [0, 0.05) is 19.4 Å². The molecule has 1 unspecified atom stereocenters. The van der Waals surface area contributed by atoms with Gasteiger partial charge in [0.1, 0.15) is 6.61 Å². The van der Waals surface area contributed by atoms with Gasteiger partial charge in [-0.05, 0) is 51.4 Å². The van der Waals surface area contributed by atoms with Crippen LogP contribution in [-0.2, 0) is 23.8 Å². The van der Waals surface area contributed by atoms with Crippen molar-refractivity contribution in [3.63, 3.8) is 0 Å². The van der Waals surface area contributed by atoms with Crippen molar-refractivity contribution < 1.29 is 23.8 Å². The van der Waals surface area contributed by atoms with E-state index in [4.69, 9.17) is 14.2 Å². The predicted molar refractivity (Wildman–Crippen MR) is 270 cm³/mol. The number of esters is 2. The predicted octanol–water partition coefficient (Wildman–Crippen LogP) is 18.8. The van der Waals surface area contributed by atoms with E-state index >= 15 is 0 Å². The fraction of sp³-hybridized carbons (Fsp3) is 0.895. The number of carbonyl (C=O) groups is 2. The van der Waals surface area contributed by atoms with E-state index in [-0.39, 0.29) is 25.2 Å². The highest BCUT2D eigenvalue weighted by atomic mass is 16.6.